The molecule has 0 aliphatic carbocycles. The Morgan fingerprint density at radius 3 is 2.69 bits per heavy atom. The molecule has 1 aliphatic heterocycles. The van der Waals surface area contributed by atoms with Crippen molar-refractivity contribution in [2.24, 2.45) is 0 Å². The van der Waals surface area contributed by atoms with Crippen molar-refractivity contribution in [1.82, 2.24) is 9.97 Å². The van der Waals surface area contributed by atoms with Crippen LogP contribution >= 0.6 is 12.4 Å². The van der Waals surface area contributed by atoms with E-state index in [9.17, 15) is 9.59 Å². The van der Waals surface area contributed by atoms with Gasteiger partial charge >= 0.3 is 0 Å². The molecular formula is C28H29ClN4O3. The number of para-hydroxylation sites is 1. The van der Waals surface area contributed by atoms with Crippen LogP contribution in [0.4, 0.5) is 11.4 Å². The van der Waals surface area contributed by atoms with Crippen molar-refractivity contribution in [2.45, 2.75) is 33.1 Å². The van der Waals surface area contributed by atoms with Gasteiger partial charge in [0.2, 0.25) is 0 Å². The predicted molar refractivity (Wildman–Crippen MR) is 145 cm³/mol. The Balaban J connectivity index is 0.00000304. The third-order valence-electron chi connectivity index (χ3n) is 6.42. The number of aromatic nitrogens is 2. The van der Waals surface area contributed by atoms with Crippen LogP contribution in [-0.4, -0.2) is 35.4 Å². The number of carbonyl (C=O) groups is 2. The first-order valence-corrected chi connectivity index (χ1v) is 11.8. The van der Waals surface area contributed by atoms with Gasteiger partial charge < -0.3 is 19.9 Å². The van der Waals surface area contributed by atoms with Crippen molar-refractivity contribution in [1.29, 1.82) is 0 Å². The average molecular weight is 505 g/mol. The van der Waals surface area contributed by atoms with Crippen LogP contribution in [0.25, 0.3) is 11.0 Å². The summed E-state index contributed by atoms with van der Waals surface area (Å²) in [6.07, 6.45) is 2.95. The molecule has 7 nitrogen and oxygen atoms in total. The highest BCUT2D eigenvalue weighted by Gasteiger charge is 2.24. The molecule has 1 aliphatic rings. The van der Waals surface area contributed by atoms with E-state index in [0.717, 1.165) is 36.3 Å². The molecule has 3 aromatic carbocycles. The van der Waals surface area contributed by atoms with Gasteiger partial charge in [-0.05, 0) is 75.1 Å². The fraction of sp³-hybridized carbons (Fsp3) is 0.250. The number of benzene rings is 3. The Morgan fingerprint density at radius 2 is 1.89 bits per heavy atom. The number of nitrogens with one attached hydrogen (secondary N) is 2. The second-order valence-corrected chi connectivity index (χ2v) is 8.94. The van der Waals surface area contributed by atoms with Crippen LogP contribution in [0.3, 0.4) is 0 Å². The van der Waals surface area contributed by atoms with E-state index < -0.39 is 0 Å². The number of hydrogen-bond donors (Lipinski definition) is 2. The van der Waals surface area contributed by atoms with E-state index in [4.69, 9.17) is 4.74 Å². The van der Waals surface area contributed by atoms with E-state index in [1.165, 1.54) is 18.2 Å². The lowest BCUT2D eigenvalue weighted by molar-refractivity contribution is 0.0982. The van der Waals surface area contributed by atoms with Gasteiger partial charge in [-0.25, -0.2) is 4.98 Å². The highest BCUT2D eigenvalue weighted by Crippen LogP contribution is 2.30. The molecule has 5 rings (SSSR count). The standard InChI is InChI=1S/C28H28N4O3.ClH/c1-17-10-13-24-19(15-17)7-4-5-14-32(24)28(34)20-11-12-21(25(16-20)35-3)27(33)31-23-9-6-8-22-26(23)30-18(2)29-22;/h6,8-13,15-16H,4-5,7,14H2,1-3H3,(H,29,30)(H,31,33);1H. The molecular weight excluding hydrogens is 476 g/mol. The van der Waals surface area contributed by atoms with Crippen molar-refractivity contribution in [2.75, 3.05) is 23.9 Å². The first-order valence-electron chi connectivity index (χ1n) is 11.8. The third-order valence-corrected chi connectivity index (χ3v) is 6.42. The predicted octanol–water partition coefficient (Wildman–Crippen LogP) is 5.85. The molecule has 0 saturated heterocycles. The molecule has 0 saturated carbocycles. The molecule has 0 fully saturated rings. The Morgan fingerprint density at radius 1 is 1.06 bits per heavy atom. The van der Waals surface area contributed by atoms with Crippen molar-refractivity contribution >= 4 is 46.6 Å². The lowest BCUT2D eigenvalue weighted by Gasteiger charge is -2.24. The maximum atomic E-state index is 13.5. The normalized spacial score (nSPS) is 12.9. The summed E-state index contributed by atoms with van der Waals surface area (Å²) in [5, 5.41) is 2.93. The van der Waals surface area contributed by atoms with Crippen molar-refractivity contribution in [3.8, 4) is 5.75 Å². The van der Waals surface area contributed by atoms with Crippen LogP contribution in [-0.2, 0) is 6.42 Å². The van der Waals surface area contributed by atoms with Crippen molar-refractivity contribution in [3.63, 3.8) is 0 Å². The summed E-state index contributed by atoms with van der Waals surface area (Å²) in [4.78, 5) is 36.2. The zero-order valence-electron chi connectivity index (χ0n) is 20.6. The van der Waals surface area contributed by atoms with Crippen LogP contribution < -0.4 is 15.0 Å². The first kappa shape index (κ1) is 25.3. The van der Waals surface area contributed by atoms with E-state index in [0.29, 0.717) is 34.6 Å². The SMILES string of the molecule is COc1cc(C(=O)N2CCCCc3cc(C)ccc32)ccc1C(=O)Nc1cccc2[nH]c(C)nc12.Cl. The second kappa shape index (κ2) is 10.4. The number of methoxy groups -OCH3 is 1. The topological polar surface area (TPSA) is 87.3 Å². The zero-order chi connectivity index (χ0) is 24.5. The highest BCUT2D eigenvalue weighted by molar-refractivity contribution is 6.11. The molecule has 0 radical (unpaired) electrons. The maximum Gasteiger partial charge on any atom is 0.259 e. The summed E-state index contributed by atoms with van der Waals surface area (Å²) >= 11 is 0. The summed E-state index contributed by atoms with van der Waals surface area (Å²) in [5.41, 5.74) is 6.33. The Hall–Kier alpha value is -3.84. The number of ether oxygens (including phenoxy) is 1. The van der Waals surface area contributed by atoms with Crippen LogP contribution in [0.5, 0.6) is 5.75 Å². The van der Waals surface area contributed by atoms with Crippen LogP contribution in [0.1, 0.15) is 50.5 Å². The quantitative estimate of drug-likeness (QED) is 0.365. The molecule has 1 aromatic heterocycles. The lowest BCUT2D eigenvalue weighted by atomic mass is 10.0. The summed E-state index contributed by atoms with van der Waals surface area (Å²) in [6.45, 7) is 4.60. The fourth-order valence-electron chi connectivity index (χ4n) is 4.71. The van der Waals surface area contributed by atoms with Gasteiger partial charge in [-0.1, -0.05) is 23.8 Å². The number of halogens is 1. The molecule has 2 N–H and O–H groups in total. The van der Waals surface area contributed by atoms with Gasteiger partial charge in [-0.2, -0.15) is 0 Å². The van der Waals surface area contributed by atoms with Crippen LogP contribution in [0, 0.1) is 13.8 Å². The van der Waals surface area contributed by atoms with Crippen molar-refractivity contribution < 1.29 is 14.3 Å². The number of carbonyl (C=O) groups excluding carboxylic acids is 2. The number of amides is 2. The van der Waals surface area contributed by atoms with Crippen molar-refractivity contribution in [3.05, 3.63) is 82.7 Å². The minimum Gasteiger partial charge on any atom is -0.496 e. The number of aromatic amines is 1. The molecule has 2 amide bonds. The minimum atomic E-state index is -0.329. The summed E-state index contributed by atoms with van der Waals surface area (Å²) in [5.74, 6) is 0.689. The molecule has 186 valence electrons. The highest BCUT2D eigenvalue weighted by atomic mass is 35.5. The van der Waals surface area contributed by atoms with Gasteiger partial charge in [0, 0.05) is 17.8 Å². The minimum absolute atomic E-state index is 0. The van der Waals surface area contributed by atoms with Gasteiger partial charge in [-0.3, -0.25) is 9.59 Å². The Bertz CT molecular complexity index is 1450. The van der Waals surface area contributed by atoms with E-state index in [-0.39, 0.29) is 24.2 Å². The van der Waals surface area contributed by atoms with Gasteiger partial charge in [-0.15, -0.1) is 12.4 Å². The molecule has 0 atom stereocenters. The first-order chi connectivity index (χ1) is 16.9. The molecule has 0 unspecified atom stereocenters. The largest absolute Gasteiger partial charge is 0.496 e. The number of aryl methyl sites for hydroxylation is 3. The van der Waals surface area contributed by atoms with E-state index in [1.54, 1.807) is 18.2 Å². The van der Waals surface area contributed by atoms with E-state index >= 15 is 0 Å². The number of fused-ring (bicyclic) bond motifs is 2. The third kappa shape index (κ3) is 4.79. The fourth-order valence-corrected chi connectivity index (χ4v) is 4.71. The number of anilines is 2. The summed E-state index contributed by atoms with van der Waals surface area (Å²) in [7, 11) is 1.50. The molecule has 8 heteroatoms. The summed E-state index contributed by atoms with van der Waals surface area (Å²) in [6, 6.07) is 16.8. The lowest BCUT2D eigenvalue weighted by Crippen LogP contribution is -2.32. The average Bonchev–Trinajstić information content (AvgIpc) is 3.12. The number of hydrogen-bond acceptors (Lipinski definition) is 4. The van der Waals surface area contributed by atoms with Crippen LogP contribution in [0.15, 0.2) is 54.6 Å². The summed E-state index contributed by atoms with van der Waals surface area (Å²) < 4.78 is 5.53. The molecule has 0 spiro atoms. The second-order valence-electron chi connectivity index (χ2n) is 8.94. The van der Waals surface area contributed by atoms with Gasteiger partial charge in [0.25, 0.3) is 11.8 Å². The van der Waals surface area contributed by atoms with Gasteiger partial charge in [0.15, 0.2) is 0 Å². The number of H-pyrrole nitrogens is 1. The molecule has 0 bridgehead atoms. The number of imidazole rings is 1. The number of rotatable bonds is 4. The Labute approximate surface area is 216 Å². The Kier molecular flexibility index (Phi) is 7.31. The molecule has 2 heterocycles. The van der Waals surface area contributed by atoms with Crippen LogP contribution in [0.2, 0.25) is 0 Å². The number of nitrogens with zero attached hydrogens (tertiary/aromatic N) is 2. The van der Waals surface area contributed by atoms with Gasteiger partial charge in [0.1, 0.15) is 17.1 Å². The smallest absolute Gasteiger partial charge is 0.259 e. The molecule has 36 heavy (non-hydrogen) atoms. The molecule has 4 aromatic rings. The monoisotopic (exact) mass is 504 g/mol. The maximum absolute atomic E-state index is 13.5. The zero-order valence-corrected chi connectivity index (χ0v) is 21.4. The van der Waals surface area contributed by atoms with E-state index in [2.05, 4.69) is 28.3 Å². The van der Waals surface area contributed by atoms with E-state index in [1.807, 2.05) is 42.2 Å². The van der Waals surface area contributed by atoms with Gasteiger partial charge in [0.05, 0.1) is 23.9 Å².